The number of rotatable bonds is 6. The number of nitrogen functional groups attached to an aromatic ring is 1. The zero-order chi connectivity index (χ0) is 44.6. The van der Waals surface area contributed by atoms with Gasteiger partial charge in [-0.05, 0) is 73.5 Å². The van der Waals surface area contributed by atoms with Crippen molar-refractivity contribution in [1.29, 1.82) is 0 Å². The van der Waals surface area contributed by atoms with E-state index in [0.29, 0.717) is 48.3 Å². The van der Waals surface area contributed by atoms with E-state index >= 15 is 0 Å². The summed E-state index contributed by atoms with van der Waals surface area (Å²) in [6.07, 6.45) is 2.74. The normalized spacial score (nSPS) is 10.5. The number of thiazole rings is 2. The number of sulfone groups is 1. The molecule has 0 saturated carbocycles. The van der Waals surface area contributed by atoms with Crippen LogP contribution >= 0.6 is 45.9 Å². The Labute approximate surface area is 379 Å². The minimum atomic E-state index is -3.48. The van der Waals surface area contributed by atoms with Gasteiger partial charge in [-0.1, -0.05) is 104 Å². The number of nitrogens with one attached hydrogen (secondary N) is 1. The second kappa shape index (κ2) is 22.3. The molecule has 0 aliphatic rings. The molecule has 0 atom stereocenters. The number of benzene rings is 4. The molecule has 21 heteroatoms. The quantitative estimate of drug-likeness (QED) is 0.133. The number of carboxylic acid groups (broad SMARTS) is 1. The summed E-state index contributed by atoms with van der Waals surface area (Å²) < 4.78 is 52.5. The Morgan fingerprint density at radius 1 is 0.778 bits per heavy atom. The summed E-state index contributed by atoms with van der Waals surface area (Å²) in [6, 6.07) is 22.6. The fraction of sp³-hybridized carbons (Fsp3) is 0.167. The second-order valence-corrected chi connectivity index (χ2v) is 17.8. The predicted octanol–water partition coefficient (Wildman–Crippen LogP) is 10.1. The number of aromatic nitrogens is 6. The second-order valence-electron chi connectivity index (χ2n) is 12.6. The van der Waals surface area contributed by atoms with Crippen LogP contribution in [0.25, 0.3) is 32.1 Å². The topological polar surface area (TPSA) is 205 Å². The standard InChI is InChI=1S/C18H12ClFN4OS.C14H12ClN3O3S2.C6H6FN.C2H4O2.2CH4/c1-10-4-2-7-13(19)14(10)24-9-21-16-15(17(24)25)26-18(23-16)22-12-6-3-5-11(20)8-12;1-3-23(20,21)14-17-12-11(22-14)13(19)18(7-16-12)10-8(2)5-4-6-9(10)15;7-5-2-1-3-6(8)4-5;1-2(3)4;;/h2-9H,1H3,(H,22,23);4-7H,3H2,1-2H3;1-4H,8H2;1H3,(H,3,4);2*1H4. The molecule has 8 rings (SSSR count). The van der Waals surface area contributed by atoms with E-state index in [-0.39, 0.29) is 58.0 Å². The lowest BCUT2D eigenvalue weighted by molar-refractivity contribution is -0.134. The Morgan fingerprint density at radius 3 is 1.68 bits per heavy atom. The number of hydrogen-bond acceptors (Lipinski definition) is 13. The molecule has 8 aromatic rings. The van der Waals surface area contributed by atoms with Gasteiger partial charge >= 0.3 is 0 Å². The van der Waals surface area contributed by atoms with Crippen molar-refractivity contribution in [2.24, 2.45) is 0 Å². The minimum Gasteiger partial charge on any atom is -0.481 e. The fourth-order valence-corrected chi connectivity index (χ4v) is 9.05. The van der Waals surface area contributed by atoms with Crippen LogP contribution in [0.4, 0.5) is 25.3 Å². The van der Waals surface area contributed by atoms with E-state index < -0.39 is 15.8 Å². The van der Waals surface area contributed by atoms with Crippen molar-refractivity contribution in [2.75, 3.05) is 16.8 Å². The lowest BCUT2D eigenvalue weighted by Gasteiger charge is -2.10. The third-order valence-electron chi connectivity index (χ3n) is 8.05. The number of fused-ring (bicyclic) bond motifs is 2. The van der Waals surface area contributed by atoms with Crippen molar-refractivity contribution in [3.8, 4) is 11.4 Å². The molecule has 63 heavy (non-hydrogen) atoms. The van der Waals surface area contributed by atoms with Crippen molar-refractivity contribution >= 4 is 98.9 Å². The van der Waals surface area contributed by atoms with Gasteiger partial charge < -0.3 is 16.2 Å². The Morgan fingerprint density at radius 2 is 1.24 bits per heavy atom. The number of nitrogens with zero attached hydrogens (tertiary/aromatic N) is 6. The van der Waals surface area contributed by atoms with Gasteiger partial charge in [-0.15, -0.1) is 0 Å². The van der Waals surface area contributed by atoms with E-state index in [4.69, 9.17) is 38.8 Å². The van der Waals surface area contributed by atoms with Crippen LogP contribution < -0.4 is 22.2 Å². The molecule has 0 unspecified atom stereocenters. The first-order valence-corrected chi connectivity index (χ1v) is 21.7. The van der Waals surface area contributed by atoms with E-state index in [2.05, 4.69) is 25.3 Å². The number of halogens is 4. The zero-order valence-electron chi connectivity index (χ0n) is 32.4. The SMILES string of the molecule is C.C.CC(=O)O.CCS(=O)(=O)c1nc2ncn(-c3c(C)cccc3Cl)c(=O)c2s1.Cc1cccc(Cl)c1-n1cnc2nc(Nc3cccc(F)c3)sc2c1=O.Nc1cccc(F)c1. The lowest BCUT2D eigenvalue weighted by atomic mass is 10.2. The number of hydrogen-bond donors (Lipinski definition) is 3. The third kappa shape index (κ3) is 12.7. The average Bonchev–Trinajstić information content (AvgIpc) is 3.83. The Balaban J connectivity index is 0.000000261. The van der Waals surface area contributed by atoms with Crippen LogP contribution in [0.2, 0.25) is 10.0 Å². The number of aliphatic carboxylic acids is 1. The highest BCUT2D eigenvalue weighted by Crippen LogP contribution is 2.28. The number of carbonyl (C=O) groups is 1. The summed E-state index contributed by atoms with van der Waals surface area (Å²) in [7, 11) is -3.48. The first-order chi connectivity index (χ1) is 28.9. The maximum Gasteiger partial charge on any atom is 0.300 e. The van der Waals surface area contributed by atoms with Crippen molar-refractivity contribution < 1.29 is 27.1 Å². The molecule has 0 spiro atoms. The number of nitrogens with two attached hydrogens (primary N) is 1. The number of anilines is 3. The molecule has 0 radical (unpaired) electrons. The van der Waals surface area contributed by atoms with Crippen LogP contribution in [0.1, 0.15) is 39.8 Å². The summed E-state index contributed by atoms with van der Waals surface area (Å²) >= 11 is 14.5. The largest absolute Gasteiger partial charge is 0.481 e. The Kier molecular flexibility index (Phi) is 18.1. The van der Waals surface area contributed by atoms with Crippen LogP contribution in [0.3, 0.4) is 0 Å². The summed E-state index contributed by atoms with van der Waals surface area (Å²) in [4.78, 5) is 51.3. The number of aryl methyl sites for hydroxylation is 2. The van der Waals surface area contributed by atoms with Gasteiger partial charge in [-0.3, -0.25) is 23.5 Å². The molecule has 4 heterocycles. The third-order valence-corrected chi connectivity index (χ3v) is 12.8. The molecular weight excluding hydrogens is 918 g/mol. The number of para-hydroxylation sites is 2. The molecule has 332 valence electrons. The van der Waals surface area contributed by atoms with Gasteiger partial charge in [0.05, 0.1) is 27.2 Å². The highest BCUT2D eigenvalue weighted by atomic mass is 35.5. The lowest BCUT2D eigenvalue weighted by Crippen LogP contribution is -2.19. The van der Waals surface area contributed by atoms with E-state index in [1.807, 2.05) is 32.0 Å². The van der Waals surface area contributed by atoms with Gasteiger partial charge in [-0.25, -0.2) is 32.2 Å². The zero-order valence-corrected chi connectivity index (χ0v) is 36.4. The van der Waals surface area contributed by atoms with Crippen molar-refractivity contribution in [3.05, 3.63) is 151 Å². The van der Waals surface area contributed by atoms with Crippen LogP contribution in [-0.2, 0) is 14.6 Å². The van der Waals surface area contributed by atoms with E-state index in [9.17, 15) is 26.8 Å². The molecular formula is C42H42Cl2F2N8O6S3. The van der Waals surface area contributed by atoms with Crippen molar-refractivity contribution in [2.45, 2.75) is 46.9 Å². The first-order valence-electron chi connectivity index (χ1n) is 17.6. The summed E-state index contributed by atoms with van der Waals surface area (Å²) in [5.74, 6) is -1.55. The molecule has 0 amide bonds. The molecule has 4 N–H and O–H groups in total. The Bertz CT molecular complexity index is 3060. The summed E-state index contributed by atoms with van der Waals surface area (Å²) in [5.41, 5.74) is 8.86. The average molecular weight is 960 g/mol. The van der Waals surface area contributed by atoms with Crippen molar-refractivity contribution in [3.63, 3.8) is 0 Å². The summed E-state index contributed by atoms with van der Waals surface area (Å²) in [5, 5.41) is 11.8. The smallest absolute Gasteiger partial charge is 0.300 e. The Hall–Kier alpha value is -6.12. The molecule has 14 nitrogen and oxygen atoms in total. The van der Waals surface area contributed by atoms with Gasteiger partial charge in [0.1, 0.15) is 33.7 Å². The van der Waals surface area contributed by atoms with Crippen molar-refractivity contribution in [1.82, 2.24) is 29.1 Å². The van der Waals surface area contributed by atoms with E-state index in [0.717, 1.165) is 40.7 Å². The molecule has 0 aliphatic carbocycles. The summed E-state index contributed by atoms with van der Waals surface area (Å²) in [6.45, 7) is 6.32. The van der Waals surface area contributed by atoms with Crippen LogP contribution in [0.15, 0.2) is 112 Å². The van der Waals surface area contributed by atoms with Crippen LogP contribution in [-0.4, -0.2) is 54.3 Å². The number of carboxylic acids is 1. The molecule has 4 aromatic heterocycles. The molecule has 0 bridgehead atoms. The maximum absolute atomic E-state index is 13.3. The van der Waals surface area contributed by atoms with Gasteiger partial charge in [0.15, 0.2) is 16.4 Å². The van der Waals surface area contributed by atoms with E-state index in [1.165, 1.54) is 53.0 Å². The van der Waals surface area contributed by atoms with Crippen LogP contribution in [0, 0.1) is 25.5 Å². The highest BCUT2D eigenvalue weighted by molar-refractivity contribution is 7.93. The fourth-order valence-electron chi connectivity index (χ4n) is 5.29. The van der Waals surface area contributed by atoms with Gasteiger partial charge in [0.2, 0.25) is 14.2 Å². The van der Waals surface area contributed by atoms with Crippen LogP contribution in [0.5, 0.6) is 0 Å². The molecule has 0 saturated heterocycles. The molecule has 0 fully saturated rings. The monoisotopic (exact) mass is 958 g/mol. The van der Waals surface area contributed by atoms with E-state index in [1.54, 1.807) is 42.5 Å². The molecule has 4 aromatic carbocycles. The first kappa shape index (κ1) is 51.2. The maximum atomic E-state index is 13.3. The van der Waals surface area contributed by atoms with Gasteiger partial charge in [-0.2, -0.15) is 4.98 Å². The molecule has 0 aliphatic heterocycles. The predicted molar refractivity (Wildman–Crippen MR) is 251 cm³/mol. The van der Waals surface area contributed by atoms with Gasteiger partial charge in [0.25, 0.3) is 17.1 Å². The highest BCUT2D eigenvalue weighted by Gasteiger charge is 2.21. The minimum absolute atomic E-state index is 0. The van der Waals surface area contributed by atoms with Gasteiger partial charge in [0, 0.05) is 18.3 Å².